The SMILES string of the molecule is CC(C)=N/N=c1\scc(-c2ccc(Cl)cc2)n1C. The summed E-state index contributed by atoms with van der Waals surface area (Å²) in [6.07, 6.45) is 0. The molecule has 0 amide bonds. The van der Waals surface area contributed by atoms with E-state index in [4.69, 9.17) is 11.6 Å². The minimum absolute atomic E-state index is 0.743. The van der Waals surface area contributed by atoms with Crippen LogP contribution in [0.3, 0.4) is 0 Å². The van der Waals surface area contributed by atoms with Crippen molar-refractivity contribution in [3.8, 4) is 11.3 Å². The fraction of sp³-hybridized carbons (Fsp3) is 0.231. The number of hydrogen-bond acceptors (Lipinski definition) is 3. The highest BCUT2D eigenvalue weighted by atomic mass is 35.5. The Morgan fingerprint density at radius 2 is 1.89 bits per heavy atom. The molecule has 0 aliphatic rings. The molecule has 18 heavy (non-hydrogen) atoms. The summed E-state index contributed by atoms with van der Waals surface area (Å²) in [5.74, 6) is 0. The topological polar surface area (TPSA) is 29.6 Å². The minimum atomic E-state index is 0.743. The molecule has 0 spiro atoms. The fourth-order valence-corrected chi connectivity index (χ4v) is 2.47. The molecule has 0 unspecified atom stereocenters. The van der Waals surface area contributed by atoms with Gasteiger partial charge in [-0.3, -0.25) is 0 Å². The molecule has 0 aliphatic heterocycles. The van der Waals surface area contributed by atoms with Crippen LogP contribution in [0.2, 0.25) is 5.02 Å². The molecule has 0 fully saturated rings. The predicted octanol–water partition coefficient (Wildman–Crippen LogP) is 3.70. The molecule has 2 rings (SSSR count). The van der Waals surface area contributed by atoms with Crippen LogP contribution in [0.5, 0.6) is 0 Å². The molecule has 2 aromatic rings. The number of halogens is 1. The van der Waals surface area contributed by atoms with Gasteiger partial charge in [-0.25, -0.2) is 0 Å². The Morgan fingerprint density at radius 3 is 2.50 bits per heavy atom. The lowest BCUT2D eigenvalue weighted by atomic mass is 10.2. The van der Waals surface area contributed by atoms with Gasteiger partial charge in [-0.2, -0.15) is 5.10 Å². The molecule has 0 atom stereocenters. The third kappa shape index (κ3) is 2.89. The summed E-state index contributed by atoms with van der Waals surface area (Å²) in [6.45, 7) is 3.86. The van der Waals surface area contributed by atoms with E-state index in [1.807, 2.05) is 49.7 Å². The quantitative estimate of drug-likeness (QED) is 0.593. The third-order valence-electron chi connectivity index (χ3n) is 2.40. The van der Waals surface area contributed by atoms with Crippen LogP contribution >= 0.6 is 22.9 Å². The zero-order chi connectivity index (χ0) is 13.1. The first kappa shape index (κ1) is 13.1. The Hall–Kier alpha value is -1.39. The summed E-state index contributed by atoms with van der Waals surface area (Å²) in [5, 5.41) is 11.1. The molecule has 5 heteroatoms. The van der Waals surface area contributed by atoms with E-state index in [-0.39, 0.29) is 0 Å². The number of hydrogen-bond donors (Lipinski definition) is 0. The van der Waals surface area contributed by atoms with Gasteiger partial charge >= 0.3 is 0 Å². The van der Waals surface area contributed by atoms with Crippen molar-refractivity contribution in [1.29, 1.82) is 0 Å². The first-order chi connectivity index (χ1) is 8.58. The lowest BCUT2D eigenvalue weighted by Gasteiger charge is -2.02. The summed E-state index contributed by atoms with van der Waals surface area (Å²) in [4.78, 5) is 0.876. The van der Waals surface area contributed by atoms with Crippen molar-refractivity contribution < 1.29 is 0 Å². The third-order valence-corrected chi connectivity index (χ3v) is 3.56. The van der Waals surface area contributed by atoms with Crippen LogP contribution in [-0.4, -0.2) is 10.3 Å². The molecule has 0 N–H and O–H groups in total. The van der Waals surface area contributed by atoms with Gasteiger partial charge in [0.05, 0.1) is 5.69 Å². The monoisotopic (exact) mass is 279 g/mol. The van der Waals surface area contributed by atoms with E-state index in [1.165, 1.54) is 0 Å². The molecule has 1 aromatic heterocycles. The van der Waals surface area contributed by atoms with E-state index in [1.54, 1.807) is 11.3 Å². The molecular formula is C13H14ClN3S. The van der Waals surface area contributed by atoms with Crippen LogP contribution in [-0.2, 0) is 7.05 Å². The second-order valence-corrected chi connectivity index (χ2v) is 5.39. The Bertz CT molecular complexity index is 631. The van der Waals surface area contributed by atoms with E-state index in [0.717, 1.165) is 26.8 Å². The number of thiazole rings is 1. The Kier molecular flexibility index (Phi) is 3.99. The summed E-state index contributed by atoms with van der Waals surface area (Å²) in [7, 11) is 1.99. The zero-order valence-electron chi connectivity index (χ0n) is 10.5. The number of benzene rings is 1. The maximum atomic E-state index is 5.89. The largest absolute Gasteiger partial charge is 0.318 e. The van der Waals surface area contributed by atoms with Gasteiger partial charge in [0.25, 0.3) is 0 Å². The lowest BCUT2D eigenvalue weighted by Crippen LogP contribution is -2.10. The molecule has 0 saturated carbocycles. The highest BCUT2D eigenvalue weighted by Gasteiger charge is 2.04. The van der Waals surface area contributed by atoms with Gasteiger partial charge in [0.2, 0.25) is 4.80 Å². The number of aromatic nitrogens is 1. The van der Waals surface area contributed by atoms with Crippen molar-refractivity contribution in [1.82, 2.24) is 4.57 Å². The van der Waals surface area contributed by atoms with E-state index in [2.05, 4.69) is 15.6 Å². The van der Waals surface area contributed by atoms with Gasteiger partial charge in [-0.15, -0.1) is 16.4 Å². The number of nitrogens with zero attached hydrogens (tertiary/aromatic N) is 3. The summed E-state index contributed by atoms with van der Waals surface area (Å²) >= 11 is 7.46. The highest BCUT2D eigenvalue weighted by molar-refractivity contribution is 7.07. The van der Waals surface area contributed by atoms with Gasteiger partial charge in [0.1, 0.15) is 0 Å². The molecule has 94 valence electrons. The molecule has 0 bridgehead atoms. The molecular weight excluding hydrogens is 266 g/mol. The molecule has 3 nitrogen and oxygen atoms in total. The smallest absolute Gasteiger partial charge is 0.210 e. The Labute approximate surface area is 115 Å². The predicted molar refractivity (Wildman–Crippen MR) is 78.1 cm³/mol. The van der Waals surface area contributed by atoms with Crippen LogP contribution in [0, 0.1) is 0 Å². The second kappa shape index (κ2) is 5.50. The summed E-state index contributed by atoms with van der Waals surface area (Å²) in [5.41, 5.74) is 3.17. The molecule has 1 aromatic carbocycles. The van der Waals surface area contributed by atoms with Crippen molar-refractivity contribution >= 4 is 28.6 Å². The summed E-state index contributed by atoms with van der Waals surface area (Å²) in [6, 6.07) is 7.78. The number of rotatable bonds is 2. The van der Waals surface area contributed by atoms with Crippen LogP contribution < -0.4 is 4.80 Å². The van der Waals surface area contributed by atoms with Gasteiger partial charge in [0, 0.05) is 23.2 Å². The standard InChI is InChI=1S/C13H14ClN3S/c1-9(2)15-16-13-17(3)12(8-18-13)10-4-6-11(14)7-5-10/h4-8H,1-3H3/b16-13-. The van der Waals surface area contributed by atoms with Crippen LogP contribution in [0.4, 0.5) is 0 Å². The normalized spacial score (nSPS) is 11.7. The summed E-state index contributed by atoms with van der Waals surface area (Å²) < 4.78 is 2.03. The molecule has 0 saturated heterocycles. The van der Waals surface area contributed by atoms with Crippen molar-refractivity contribution in [2.24, 2.45) is 17.3 Å². The first-order valence-corrected chi connectivity index (χ1v) is 6.79. The fourth-order valence-electron chi connectivity index (χ4n) is 1.49. The van der Waals surface area contributed by atoms with Crippen molar-refractivity contribution in [2.45, 2.75) is 13.8 Å². The lowest BCUT2D eigenvalue weighted by molar-refractivity contribution is 0.862. The van der Waals surface area contributed by atoms with Gasteiger partial charge in [0.15, 0.2) is 0 Å². The maximum Gasteiger partial charge on any atom is 0.210 e. The molecule has 0 radical (unpaired) electrons. The second-order valence-electron chi connectivity index (χ2n) is 4.12. The maximum absolute atomic E-state index is 5.89. The zero-order valence-corrected chi connectivity index (χ0v) is 12.1. The Balaban J connectivity index is 2.46. The van der Waals surface area contributed by atoms with Gasteiger partial charge < -0.3 is 4.57 Å². The van der Waals surface area contributed by atoms with E-state index < -0.39 is 0 Å². The van der Waals surface area contributed by atoms with Crippen molar-refractivity contribution in [2.75, 3.05) is 0 Å². The van der Waals surface area contributed by atoms with Crippen molar-refractivity contribution in [3.05, 3.63) is 39.5 Å². The van der Waals surface area contributed by atoms with Crippen LogP contribution in [0.25, 0.3) is 11.3 Å². The average Bonchev–Trinajstić information content (AvgIpc) is 2.69. The van der Waals surface area contributed by atoms with Gasteiger partial charge in [-0.1, -0.05) is 23.7 Å². The van der Waals surface area contributed by atoms with Crippen molar-refractivity contribution in [3.63, 3.8) is 0 Å². The van der Waals surface area contributed by atoms with Crippen LogP contribution in [0.1, 0.15) is 13.8 Å². The Morgan fingerprint density at radius 1 is 1.22 bits per heavy atom. The van der Waals surface area contributed by atoms with Crippen LogP contribution in [0.15, 0.2) is 39.8 Å². The van der Waals surface area contributed by atoms with E-state index in [0.29, 0.717) is 0 Å². The first-order valence-electron chi connectivity index (χ1n) is 5.53. The molecule has 1 heterocycles. The van der Waals surface area contributed by atoms with E-state index >= 15 is 0 Å². The minimum Gasteiger partial charge on any atom is -0.318 e. The highest BCUT2D eigenvalue weighted by Crippen LogP contribution is 2.21. The average molecular weight is 280 g/mol. The van der Waals surface area contributed by atoms with E-state index in [9.17, 15) is 0 Å². The molecule has 0 aliphatic carbocycles. The van der Waals surface area contributed by atoms with Gasteiger partial charge in [-0.05, 0) is 31.5 Å².